The van der Waals surface area contributed by atoms with Crippen LogP contribution in [0, 0.1) is 0 Å². The first-order chi connectivity index (χ1) is 9.27. The van der Waals surface area contributed by atoms with E-state index in [1.807, 2.05) is 0 Å². The Labute approximate surface area is 116 Å². The van der Waals surface area contributed by atoms with Gasteiger partial charge in [0, 0.05) is 11.1 Å². The van der Waals surface area contributed by atoms with E-state index in [0.29, 0.717) is 0 Å². The minimum absolute atomic E-state index is 0.000926. The zero-order valence-electron chi connectivity index (χ0n) is 11.3. The van der Waals surface area contributed by atoms with Crippen molar-refractivity contribution in [3.63, 3.8) is 0 Å². The lowest BCUT2D eigenvalue weighted by molar-refractivity contribution is -0.122. The number of aromatic carboxylic acids is 1. The molecule has 1 aromatic rings. The van der Waals surface area contributed by atoms with Gasteiger partial charge in [-0.1, -0.05) is 25.3 Å². The second-order valence-electron chi connectivity index (χ2n) is 4.33. The molecule has 0 saturated carbocycles. The summed E-state index contributed by atoms with van der Waals surface area (Å²) in [5.74, 6) is -2.55. The monoisotopic (exact) mass is 273 g/mol. The largest absolute Gasteiger partial charge is 0.478 e. The van der Waals surface area contributed by atoms with Crippen molar-refractivity contribution in [2.75, 3.05) is 4.90 Å². The summed E-state index contributed by atoms with van der Waals surface area (Å²) in [6, 6.07) is 5.78. The van der Waals surface area contributed by atoms with Gasteiger partial charge in [-0.25, -0.2) is 9.69 Å². The zero-order valence-corrected chi connectivity index (χ0v) is 11.3. The second kappa shape index (κ2) is 5.97. The molecule has 0 aromatic heterocycles. The lowest BCUT2D eigenvalue weighted by Gasteiger charge is -2.22. The Morgan fingerprint density at radius 1 is 1.00 bits per heavy atom. The normalized spacial score (nSPS) is 9.70. The van der Waals surface area contributed by atoms with Gasteiger partial charge < -0.3 is 5.11 Å². The third-order valence-corrected chi connectivity index (χ3v) is 2.51. The summed E-state index contributed by atoms with van der Waals surface area (Å²) in [7, 11) is 0. The number of anilines is 1. The number of carbonyl (C=O) groups is 3. The van der Waals surface area contributed by atoms with E-state index < -0.39 is 17.8 Å². The van der Waals surface area contributed by atoms with Crippen molar-refractivity contribution in [3.8, 4) is 0 Å². The fourth-order valence-corrected chi connectivity index (χ4v) is 1.54. The topological polar surface area (TPSA) is 74.7 Å². The fourth-order valence-electron chi connectivity index (χ4n) is 1.54. The van der Waals surface area contributed by atoms with Crippen LogP contribution in [0.3, 0.4) is 0 Å². The van der Waals surface area contributed by atoms with Gasteiger partial charge in [0.25, 0.3) is 11.8 Å². The summed E-state index contributed by atoms with van der Waals surface area (Å²) in [5.41, 5.74) is 0.109. The molecule has 0 saturated heterocycles. The lowest BCUT2D eigenvalue weighted by atomic mass is 10.1. The summed E-state index contributed by atoms with van der Waals surface area (Å²) in [6.45, 7) is 9.89. The number of imide groups is 1. The van der Waals surface area contributed by atoms with E-state index >= 15 is 0 Å². The minimum atomic E-state index is -1.23. The number of hydrogen-bond donors (Lipinski definition) is 1. The Balaban J connectivity index is 3.50. The van der Waals surface area contributed by atoms with Gasteiger partial charge in [0.05, 0.1) is 11.3 Å². The van der Waals surface area contributed by atoms with Crippen LogP contribution in [-0.2, 0) is 9.59 Å². The molecule has 1 rings (SSSR count). The van der Waals surface area contributed by atoms with E-state index in [1.165, 1.54) is 32.0 Å². The molecule has 5 nitrogen and oxygen atoms in total. The first-order valence-corrected chi connectivity index (χ1v) is 5.79. The molecule has 2 amide bonds. The Morgan fingerprint density at radius 3 is 1.85 bits per heavy atom. The quantitative estimate of drug-likeness (QED) is 0.855. The maximum absolute atomic E-state index is 12.1. The first-order valence-electron chi connectivity index (χ1n) is 5.79. The third kappa shape index (κ3) is 3.00. The molecule has 0 aliphatic rings. The van der Waals surface area contributed by atoms with Crippen molar-refractivity contribution < 1.29 is 19.5 Å². The highest BCUT2D eigenvalue weighted by Gasteiger charge is 2.27. The third-order valence-electron chi connectivity index (χ3n) is 2.51. The molecule has 1 N–H and O–H groups in total. The Hall–Kier alpha value is -2.69. The van der Waals surface area contributed by atoms with Crippen molar-refractivity contribution in [2.24, 2.45) is 0 Å². The average molecular weight is 273 g/mol. The van der Waals surface area contributed by atoms with Crippen LogP contribution in [0.4, 0.5) is 5.69 Å². The number of carboxylic acid groups (broad SMARTS) is 1. The average Bonchev–Trinajstić information content (AvgIpc) is 2.38. The Morgan fingerprint density at radius 2 is 1.45 bits per heavy atom. The van der Waals surface area contributed by atoms with Crippen LogP contribution in [0.25, 0.3) is 0 Å². The molecular formula is C15H15NO4. The number of nitrogens with zero attached hydrogens (tertiary/aromatic N) is 1. The lowest BCUT2D eigenvalue weighted by Crippen LogP contribution is -2.38. The molecular weight excluding hydrogens is 258 g/mol. The number of carboxylic acids is 1. The van der Waals surface area contributed by atoms with Crippen LogP contribution in [0.1, 0.15) is 24.2 Å². The van der Waals surface area contributed by atoms with Gasteiger partial charge in [-0.05, 0) is 26.0 Å². The van der Waals surface area contributed by atoms with E-state index in [4.69, 9.17) is 5.11 Å². The van der Waals surface area contributed by atoms with Gasteiger partial charge in [-0.3, -0.25) is 9.59 Å². The molecule has 0 aliphatic heterocycles. The van der Waals surface area contributed by atoms with Gasteiger partial charge in [-0.15, -0.1) is 0 Å². The number of para-hydroxylation sites is 1. The summed E-state index contributed by atoms with van der Waals surface area (Å²) >= 11 is 0. The number of rotatable bonds is 4. The van der Waals surface area contributed by atoms with Crippen molar-refractivity contribution in [3.05, 3.63) is 54.1 Å². The van der Waals surface area contributed by atoms with Gasteiger partial charge >= 0.3 is 5.97 Å². The maximum atomic E-state index is 12.1. The van der Waals surface area contributed by atoms with Crippen molar-refractivity contribution in [1.29, 1.82) is 0 Å². The van der Waals surface area contributed by atoms with Gasteiger partial charge in [0.15, 0.2) is 0 Å². The number of carbonyl (C=O) groups excluding carboxylic acids is 2. The minimum Gasteiger partial charge on any atom is -0.478 e. The van der Waals surface area contributed by atoms with Crippen LogP contribution in [-0.4, -0.2) is 22.9 Å². The molecule has 0 bridgehead atoms. The molecule has 0 radical (unpaired) electrons. The fraction of sp³-hybridized carbons (Fsp3) is 0.133. The van der Waals surface area contributed by atoms with E-state index in [2.05, 4.69) is 13.2 Å². The van der Waals surface area contributed by atoms with Crippen LogP contribution in [0.15, 0.2) is 48.6 Å². The highest BCUT2D eigenvalue weighted by Crippen LogP contribution is 2.23. The van der Waals surface area contributed by atoms with E-state index in [9.17, 15) is 14.4 Å². The van der Waals surface area contributed by atoms with E-state index in [0.717, 1.165) is 4.90 Å². The standard InChI is InChI=1S/C15H15NO4/c1-9(2)13(17)16(14(18)10(3)4)12-8-6-5-7-11(12)15(19)20/h5-8H,1,3H2,2,4H3,(H,19,20). The molecule has 0 fully saturated rings. The maximum Gasteiger partial charge on any atom is 0.337 e. The van der Waals surface area contributed by atoms with E-state index in [1.54, 1.807) is 6.07 Å². The Bertz CT molecular complexity index is 590. The van der Waals surface area contributed by atoms with Crippen molar-refractivity contribution >= 4 is 23.5 Å². The smallest absolute Gasteiger partial charge is 0.337 e. The summed E-state index contributed by atoms with van der Waals surface area (Å²) in [5, 5.41) is 9.16. The number of hydrogen-bond acceptors (Lipinski definition) is 3. The molecule has 1 aromatic carbocycles. The van der Waals surface area contributed by atoms with Crippen LogP contribution in [0.5, 0.6) is 0 Å². The predicted molar refractivity (Wildman–Crippen MR) is 75.5 cm³/mol. The van der Waals surface area contributed by atoms with Crippen LogP contribution >= 0.6 is 0 Å². The second-order valence-corrected chi connectivity index (χ2v) is 4.33. The summed E-state index contributed by atoms with van der Waals surface area (Å²) in [6.07, 6.45) is 0. The van der Waals surface area contributed by atoms with Crippen molar-refractivity contribution in [2.45, 2.75) is 13.8 Å². The molecule has 0 unspecified atom stereocenters. The molecule has 104 valence electrons. The highest BCUT2D eigenvalue weighted by molar-refractivity contribution is 6.26. The molecule has 5 heteroatoms. The van der Waals surface area contributed by atoms with Crippen molar-refractivity contribution in [1.82, 2.24) is 0 Å². The molecule has 20 heavy (non-hydrogen) atoms. The molecule has 0 spiro atoms. The number of benzene rings is 1. The number of amides is 2. The first kappa shape index (κ1) is 15.4. The van der Waals surface area contributed by atoms with Crippen LogP contribution < -0.4 is 4.90 Å². The van der Waals surface area contributed by atoms with Gasteiger partial charge in [0.1, 0.15) is 0 Å². The zero-order chi connectivity index (χ0) is 15.4. The predicted octanol–water partition coefficient (Wildman–Crippen LogP) is 2.40. The summed E-state index contributed by atoms with van der Waals surface area (Å²) < 4.78 is 0. The van der Waals surface area contributed by atoms with Gasteiger partial charge in [-0.2, -0.15) is 0 Å². The molecule has 0 atom stereocenters. The van der Waals surface area contributed by atoms with Gasteiger partial charge in [0.2, 0.25) is 0 Å². The highest BCUT2D eigenvalue weighted by atomic mass is 16.4. The molecule has 0 heterocycles. The van der Waals surface area contributed by atoms with Crippen LogP contribution in [0.2, 0.25) is 0 Å². The summed E-state index contributed by atoms with van der Waals surface area (Å²) in [4.78, 5) is 36.3. The van der Waals surface area contributed by atoms with E-state index in [-0.39, 0.29) is 22.4 Å². The molecule has 0 aliphatic carbocycles. The Kier molecular flexibility index (Phi) is 4.59. The SMILES string of the molecule is C=C(C)C(=O)N(C(=O)C(=C)C)c1ccccc1C(=O)O.